The number of rotatable bonds is 13. The number of para-hydroxylation sites is 2. The van der Waals surface area contributed by atoms with Crippen molar-refractivity contribution in [3.8, 4) is 17.3 Å². The van der Waals surface area contributed by atoms with Gasteiger partial charge in [-0.1, -0.05) is 43.7 Å². The van der Waals surface area contributed by atoms with Gasteiger partial charge in [0.25, 0.3) is 0 Å². The molecule has 0 bridgehead atoms. The molecule has 0 amide bonds. The Bertz CT molecular complexity index is 1050. The maximum absolute atomic E-state index is 14.5. The predicted octanol–water partition coefficient (Wildman–Crippen LogP) is 5.25. The van der Waals surface area contributed by atoms with Gasteiger partial charge in [0, 0.05) is 25.7 Å². The molecule has 4 rings (SSSR count). The normalized spacial score (nSPS) is 14.5. The zero-order valence-corrected chi connectivity index (χ0v) is 20.0. The Balaban J connectivity index is 1.59. The summed E-state index contributed by atoms with van der Waals surface area (Å²) in [7, 11) is 0. The molecule has 1 aliphatic rings. The molecule has 6 nitrogen and oxygen atoms in total. The second-order valence-electron chi connectivity index (χ2n) is 8.89. The monoisotopic (exact) mass is 467 g/mol. The molecule has 0 spiro atoms. The third kappa shape index (κ3) is 6.23. The number of hydrogen-bond donors (Lipinski definition) is 1. The fraction of sp³-hybridized carbons (Fsp3) is 0.444. The first kappa shape index (κ1) is 24.4. The van der Waals surface area contributed by atoms with Crippen LogP contribution in [0.15, 0.2) is 54.6 Å². The largest absolute Gasteiger partial charge is 0.435 e. The van der Waals surface area contributed by atoms with Gasteiger partial charge in [-0.15, -0.1) is 0 Å². The van der Waals surface area contributed by atoms with Crippen LogP contribution in [-0.4, -0.2) is 51.7 Å². The summed E-state index contributed by atoms with van der Waals surface area (Å²) in [6, 6.07) is 16.5. The van der Waals surface area contributed by atoms with Gasteiger partial charge in [-0.3, -0.25) is 4.90 Å². The highest BCUT2D eigenvalue weighted by Crippen LogP contribution is 2.35. The van der Waals surface area contributed by atoms with E-state index in [1.54, 1.807) is 22.9 Å². The molecule has 182 valence electrons. The molecule has 2 aromatic carbocycles. The number of halogens is 1. The van der Waals surface area contributed by atoms with E-state index in [1.165, 1.54) is 6.07 Å². The lowest BCUT2D eigenvalue weighted by Crippen LogP contribution is -2.36. The first-order valence-electron chi connectivity index (χ1n) is 12.1. The van der Waals surface area contributed by atoms with Crippen LogP contribution in [0, 0.1) is 12.7 Å². The Morgan fingerprint density at radius 3 is 2.59 bits per heavy atom. The van der Waals surface area contributed by atoms with Crippen molar-refractivity contribution in [2.45, 2.75) is 58.2 Å². The second-order valence-corrected chi connectivity index (χ2v) is 8.89. The Labute approximate surface area is 200 Å². The highest BCUT2D eigenvalue weighted by molar-refractivity contribution is 5.43. The number of aliphatic hydroxyl groups excluding tert-OH is 1. The van der Waals surface area contributed by atoms with Gasteiger partial charge < -0.3 is 14.6 Å². The van der Waals surface area contributed by atoms with E-state index in [1.807, 2.05) is 37.3 Å². The van der Waals surface area contributed by atoms with Crippen molar-refractivity contribution in [2.75, 3.05) is 19.8 Å². The topological polar surface area (TPSA) is 59.8 Å². The van der Waals surface area contributed by atoms with Gasteiger partial charge in [-0.2, -0.15) is 5.10 Å². The van der Waals surface area contributed by atoms with Crippen LogP contribution in [0.1, 0.15) is 43.9 Å². The predicted molar refractivity (Wildman–Crippen MR) is 130 cm³/mol. The first-order valence-corrected chi connectivity index (χ1v) is 12.1. The van der Waals surface area contributed by atoms with Crippen molar-refractivity contribution in [2.24, 2.45) is 0 Å². The summed E-state index contributed by atoms with van der Waals surface area (Å²) in [5.41, 5.74) is 2.54. The molecule has 34 heavy (non-hydrogen) atoms. The molecule has 1 N–H and O–H groups in total. The van der Waals surface area contributed by atoms with Crippen LogP contribution >= 0.6 is 0 Å². The number of hydrogen-bond acceptors (Lipinski definition) is 5. The number of benzene rings is 2. The van der Waals surface area contributed by atoms with Crippen molar-refractivity contribution >= 4 is 0 Å². The highest BCUT2D eigenvalue weighted by atomic mass is 19.1. The van der Waals surface area contributed by atoms with E-state index in [4.69, 9.17) is 14.6 Å². The molecule has 0 aliphatic heterocycles. The van der Waals surface area contributed by atoms with E-state index in [-0.39, 0.29) is 5.75 Å². The summed E-state index contributed by atoms with van der Waals surface area (Å²) >= 11 is 0. The molecule has 7 heteroatoms. The molecule has 3 aromatic rings. The average Bonchev–Trinajstić information content (AvgIpc) is 3.65. The smallest absolute Gasteiger partial charge is 0.227 e. The van der Waals surface area contributed by atoms with Crippen molar-refractivity contribution in [1.29, 1.82) is 0 Å². The summed E-state index contributed by atoms with van der Waals surface area (Å²) in [6.45, 7) is 6.11. The van der Waals surface area contributed by atoms with Crippen molar-refractivity contribution < 1.29 is 19.0 Å². The molecule has 1 aliphatic carbocycles. The lowest BCUT2D eigenvalue weighted by molar-refractivity contribution is 0.0127. The van der Waals surface area contributed by atoms with Gasteiger partial charge in [0.05, 0.1) is 29.7 Å². The van der Waals surface area contributed by atoms with Gasteiger partial charge in [-0.25, -0.2) is 9.07 Å². The van der Waals surface area contributed by atoms with Crippen LogP contribution < -0.4 is 4.74 Å². The third-order valence-electron chi connectivity index (χ3n) is 6.00. The van der Waals surface area contributed by atoms with Gasteiger partial charge in [0.1, 0.15) is 0 Å². The molecule has 1 heterocycles. The summed E-state index contributed by atoms with van der Waals surface area (Å²) < 4.78 is 28.0. The van der Waals surface area contributed by atoms with Crippen LogP contribution in [0.4, 0.5) is 4.39 Å². The van der Waals surface area contributed by atoms with Gasteiger partial charge in [0.15, 0.2) is 11.6 Å². The van der Waals surface area contributed by atoms with E-state index in [0.29, 0.717) is 38.2 Å². The average molecular weight is 468 g/mol. The van der Waals surface area contributed by atoms with Crippen LogP contribution in [0.2, 0.25) is 0 Å². The highest BCUT2D eigenvalue weighted by Gasteiger charge is 2.32. The SMILES string of the molecule is CCCCOC[C@H](O)CN(Cc1c(C)nn(-c2ccccc2)c1Oc1ccccc1F)C1CC1. The standard InChI is InChI=1S/C27H34FN3O3/c1-3-4-16-33-19-23(32)17-30(21-14-15-21)18-24-20(2)29-31(22-10-6-5-7-11-22)27(24)34-26-13-9-8-12-25(26)28/h5-13,21,23,32H,3-4,14-19H2,1-2H3/t23-/m1/s1. The molecule has 1 atom stereocenters. The lowest BCUT2D eigenvalue weighted by Gasteiger charge is -2.25. The Hall–Kier alpha value is -2.74. The van der Waals surface area contributed by atoms with Crippen LogP contribution in [0.3, 0.4) is 0 Å². The van der Waals surface area contributed by atoms with Crippen LogP contribution in [0.5, 0.6) is 11.6 Å². The van der Waals surface area contributed by atoms with Gasteiger partial charge in [0.2, 0.25) is 5.88 Å². The summed E-state index contributed by atoms with van der Waals surface area (Å²) in [5.74, 6) is 0.224. The molecular formula is C27H34FN3O3. The van der Waals surface area contributed by atoms with E-state index in [9.17, 15) is 9.50 Å². The van der Waals surface area contributed by atoms with Crippen molar-refractivity contribution in [1.82, 2.24) is 14.7 Å². The molecule has 0 saturated heterocycles. The minimum absolute atomic E-state index is 0.156. The van der Waals surface area contributed by atoms with Gasteiger partial charge in [-0.05, 0) is 50.5 Å². The Morgan fingerprint density at radius 2 is 1.88 bits per heavy atom. The fourth-order valence-electron chi connectivity index (χ4n) is 3.98. The van der Waals surface area contributed by atoms with Gasteiger partial charge >= 0.3 is 0 Å². The first-order chi connectivity index (χ1) is 16.6. The van der Waals surface area contributed by atoms with Crippen LogP contribution in [0.25, 0.3) is 5.69 Å². The molecule has 1 saturated carbocycles. The summed E-state index contributed by atoms with van der Waals surface area (Å²) in [6.07, 6.45) is 3.68. The molecule has 0 unspecified atom stereocenters. The number of ether oxygens (including phenoxy) is 2. The molecule has 1 aromatic heterocycles. The zero-order chi connectivity index (χ0) is 23.9. The quantitative estimate of drug-likeness (QED) is 0.348. The summed E-state index contributed by atoms with van der Waals surface area (Å²) in [5, 5.41) is 15.3. The third-order valence-corrected chi connectivity index (χ3v) is 6.00. The number of nitrogens with zero attached hydrogens (tertiary/aromatic N) is 3. The molecule has 0 radical (unpaired) electrons. The zero-order valence-electron chi connectivity index (χ0n) is 20.0. The van der Waals surface area contributed by atoms with Crippen molar-refractivity contribution in [3.63, 3.8) is 0 Å². The minimum atomic E-state index is -0.571. The number of aliphatic hydroxyl groups is 1. The minimum Gasteiger partial charge on any atom is -0.435 e. The van der Waals surface area contributed by atoms with E-state index < -0.39 is 11.9 Å². The Morgan fingerprint density at radius 1 is 1.15 bits per heavy atom. The fourth-order valence-corrected chi connectivity index (χ4v) is 3.98. The molecule has 1 fully saturated rings. The number of unbranched alkanes of at least 4 members (excludes halogenated alkanes) is 1. The summed E-state index contributed by atoms with van der Waals surface area (Å²) in [4.78, 5) is 2.27. The van der Waals surface area contributed by atoms with E-state index in [0.717, 1.165) is 42.6 Å². The number of aromatic nitrogens is 2. The maximum atomic E-state index is 14.5. The second kappa shape index (κ2) is 11.6. The lowest BCUT2D eigenvalue weighted by atomic mass is 10.2. The van der Waals surface area contributed by atoms with E-state index in [2.05, 4.69) is 11.8 Å². The molecular weight excluding hydrogens is 433 g/mol. The maximum Gasteiger partial charge on any atom is 0.227 e. The number of aryl methyl sites for hydroxylation is 1. The van der Waals surface area contributed by atoms with E-state index >= 15 is 0 Å². The van der Waals surface area contributed by atoms with Crippen LogP contribution in [-0.2, 0) is 11.3 Å². The Kier molecular flexibility index (Phi) is 8.32. The van der Waals surface area contributed by atoms with Crippen molar-refractivity contribution in [3.05, 3.63) is 71.7 Å².